The van der Waals surface area contributed by atoms with Crippen LogP contribution in [0.15, 0.2) is 130 Å². The SMILES string of the molecule is CCCCCCCCC1(CCCCCCCC)c2cc(Cc3ccc(O)c(-c4nc5ccccc5o4)c3)ccc2-c2ccc(-c3ccc(O)c(-c4nc5ccccc5o4)c3)cc21. The standard InChI is InChI=1S/C56H58N2O4/c1-3-5-7-9-11-17-31-56(32-18-12-10-8-6-4-2)46-35-39(33-38-24-29-50(59)44(34-38)54-57-48-19-13-15-21-52(48)61-54)23-27-42(46)43-28-25-41(37-47(43)56)40-26-30-51(60)45(36-40)55-58-49-20-14-16-22-53(49)62-55/h13-16,19-30,34-37,59-60H,3-12,17-18,31-33H2,1-2H3. The number of nitrogens with zero attached hydrogens (tertiary/aromatic N) is 2. The van der Waals surface area contributed by atoms with Crippen molar-refractivity contribution in [1.82, 2.24) is 9.97 Å². The molecule has 2 aromatic heterocycles. The molecule has 6 heteroatoms. The molecule has 8 aromatic rings. The lowest BCUT2D eigenvalue weighted by atomic mass is 9.70. The number of phenols is 2. The Labute approximate surface area is 365 Å². The zero-order chi connectivity index (χ0) is 42.5. The highest BCUT2D eigenvalue weighted by atomic mass is 16.4. The van der Waals surface area contributed by atoms with Crippen LogP contribution in [0.4, 0.5) is 0 Å². The number of hydrogen-bond acceptors (Lipinski definition) is 6. The molecule has 1 aliphatic carbocycles. The molecule has 6 aromatic carbocycles. The Morgan fingerprint density at radius 2 is 0.919 bits per heavy atom. The highest BCUT2D eigenvalue weighted by molar-refractivity contribution is 5.86. The third kappa shape index (κ3) is 8.40. The van der Waals surface area contributed by atoms with E-state index in [9.17, 15) is 10.2 Å². The molecule has 0 aliphatic heterocycles. The first-order valence-electron chi connectivity index (χ1n) is 23.1. The van der Waals surface area contributed by atoms with Crippen molar-refractivity contribution in [2.24, 2.45) is 0 Å². The summed E-state index contributed by atoms with van der Waals surface area (Å²) in [7, 11) is 0. The summed E-state index contributed by atoms with van der Waals surface area (Å²) in [6.45, 7) is 4.58. The van der Waals surface area contributed by atoms with Gasteiger partial charge in [0.1, 0.15) is 22.5 Å². The number of benzene rings is 6. The molecule has 2 heterocycles. The van der Waals surface area contributed by atoms with Gasteiger partial charge in [0.25, 0.3) is 0 Å². The molecule has 316 valence electrons. The molecule has 0 saturated carbocycles. The summed E-state index contributed by atoms with van der Waals surface area (Å²) in [4.78, 5) is 9.43. The summed E-state index contributed by atoms with van der Waals surface area (Å²) in [6, 6.07) is 41.3. The maximum absolute atomic E-state index is 11.1. The maximum atomic E-state index is 11.1. The number of hydrogen-bond donors (Lipinski definition) is 2. The molecule has 2 N–H and O–H groups in total. The minimum absolute atomic E-state index is 0.134. The highest BCUT2D eigenvalue weighted by Crippen LogP contribution is 2.55. The van der Waals surface area contributed by atoms with Crippen molar-refractivity contribution in [3.8, 4) is 56.7 Å². The van der Waals surface area contributed by atoms with Crippen LogP contribution < -0.4 is 0 Å². The van der Waals surface area contributed by atoms with E-state index in [2.05, 4.69) is 50.2 Å². The van der Waals surface area contributed by atoms with Crippen molar-refractivity contribution in [2.45, 2.75) is 116 Å². The Morgan fingerprint density at radius 3 is 1.53 bits per heavy atom. The van der Waals surface area contributed by atoms with Crippen molar-refractivity contribution in [3.05, 3.63) is 144 Å². The molecular formula is C56H58N2O4. The molecule has 0 saturated heterocycles. The molecule has 9 rings (SSSR count). The lowest BCUT2D eigenvalue weighted by molar-refractivity contribution is 0.397. The molecule has 0 unspecified atom stereocenters. The van der Waals surface area contributed by atoms with E-state index in [1.165, 1.54) is 105 Å². The third-order valence-electron chi connectivity index (χ3n) is 13.2. The Morgan fingerprint density at radius 1 is 0.452 bits per heavy atom. The molecule has 0 bridgehead atoms. The zero-order valence-electron chi connectivity index (χ0n) is 36.3. The van der Waals surface area contributed by atoms with Gasteiger partial charge in [-0.1, -0.05) is 158 Å². The van der Waals surface area contributed by atoms with Crippen LogP contribution in [0.1, 0.15) is 126 Å². The summed E-state index contributed by atoms with van der Waals surface area (Å²) in [6.07, 6.45) is 18.0. The van der Waals surface area contributed by atoms with Gasteiger partial charge in [-0.15, -0.1) is 0 Å². The molecule has 0 radical (unpaired) electrons. The first-order valence-corrected chi connectivity index (χ1v) is 23.1. The first kappa shape index (κ1) is 41.2. The van der Waals surface area contributed by atoms with Gasteiger partial charge in [0, 0.05) is 5.41 Å². The van der Waals surface area contributed by atoms with Crippen LogP contribution >= 0.6 is 0 Å². The molecule has 0 amide bonds. The number of unbranched alkanes of at least 4 members (excludes halogenated alkanes) is 10. The average Bonchev–Trinajstić information content (AvgIpc) is 4.00. The Hall–Kier alpha value is -6.14. The van der Waals surface area contributed by atoms with Crippen LogP contribution in [0.3, 0.4) is 0 Å². The Kier molecular flexibility index (Phi) is 12.3. The maximum Gasteiger partial charge on any atom is 0.231 e. The van der Waals surface area contributed by atoms with Gasteiger partial charge in [0.05, 0.1) is 11.1 Å². The summed E-state index contributed by atoms with van der Waals surface area (Å²) < 4.78 is 12.2. The summed E-state index contributed by atoms with van der Waals surface area (Å²) in [5, 5.41) is 22.1. The minimum Gasteiger partial charge on any atom is -0.507 e. The molecule has 6 nitrogen and oxygen atoms in total. The predicted octanol–water partition coefficient (Wildman–Crippen LogP) is 15.7. The van der Waals surface area contributed by atoms with E-state index in [0.717, 1.165) is 47.0 Å². The van der Waals surface area contributed by atoms with E-state index in [1.807, 2.05) is 72.8 Å². The molecule has 0 spiro atoms. The van der Waals surface area contributed by atoms with E-state index in [-0.39, 0.29) is 16.9 Å². The summed E-state index contributed by atoms with van der Waals surface area (Å²) >= 11 is 0. The van der Waals surface area contributed by atoms with Crippen LogP contribution in [0.25, 0.3) is 67.4 Å². The van der Waals surface area contributed by atoms with Crippen molar-refractivity contribution in [2.75, 3.05) is 0 Å². The fraction of sp³-hybridized carbons (Fsp3) is 0.321. The highest BCUT2D eigenvalue weighted by Gasteiger charge is 2.42. The molecule has 1 aliphatic rings. The minimum atomic E-state index is -0.134. The van der Waals surface area contributed by atoms with Gasteiger partial charge in [-0.25, -0.2) is 9.97 Å². The summed E-state index contributed by atoms with van der Waals surface area (Å²) in [5.41, 5.74) is 14.0. The van der Waals surface area contributed by atoms with Gasteiger partial charge in [-0.3, -0.25) is 0 Å². The Balaban J connectivity index is 1.10. The lowest BCUT2D eigenvalue weighted by Crippen LogP contribution is -2.26. The van der Waals surface area contributed by atoms with Crippen molar-refractivity contribution < 1.29 is 19.0 Å². The monoisotopic (exact) mass is 822 g/mol. The smallest absolute Gasteiger partial charge is 0.231 e. The van der Waals surface area contributed by atoms with E-state index in [4.69, 9.17) is 18.8 Å². The largest absolute Gasteiger partial charge is 0.507 e. The fourth-order valence-corrected chi connectivity index (χ4v) is 9.87. The quantitative estimate of drug-likeness (QED) is 0.0789. The second kappa shape index (κ2) is 18.5. The van der Waals surface area contributed by atoms with Crippen molar-refractivity contribution in [3.63, 3.8) is 0 Å². The number of aromatic nitrogens is 2. The van der Waals surface area contributed by atoms with Crippen LogP contribution in [-0.2, 0) is 11.8 Å². The number of fused-ring (bicyclic) bond motifs is 5. The molecule has 62 heavy (non-hydrogen) atoms. The van der Waals surface area contributed by atoms with E-state index >= 15 is 0 Å². The summed E-state index contributed by atoms with van der Waals surface area (Å²) in [5.74, 6) is 1.16. The van der Waals surface area contributed by atoms with Gasteiger partial charge < -0.3 is 19.0 Å². The molecular weight excluding hydrogens is 765 g/mol. The number of para-hydroxylation sites is 4. The number of oxazole rings is 2. The van der Waals surface area contributed by atoms with E-state index in [0.29, 0.717) is 34.1 Å². The van der Waals surface area contributed by atoms with Gasteiger partial charge in [0.2, 0.25) is 11.8 Å². The molecule has 0 atom stereocenters. The van der Waals surface area contributed by atoms with Crippen molar-refractivity contribution in [1.29, 1.82) is 0 Å². The normalized spacial score (nSPS) is 12.9. The number of aromatic hydroxyl groups is 2. The van der Waals surface area contributed by atoms with E-state index in [1.54, 1.807) is 12.1 Å². The third-order valence-corrected chi connectivity index (χ3v) is 13.2. The number of rotatable bonds is 19. The van der Waals surface area contributed by atoms with Gasteiger partial charge in [-0.05, 0) is 118 Å². The van der Waals surface area contributed by atoms with Crippen LogP contribution in [0, 0.1) is 0 Å². The topological polar surface area (TPSA) is 92.5 Å². The first-order chi connectivity index (χ1) is 30.4. The van der Waals surface area contributed by atoms with Gasteiger partial charge in [0.15, 0.2) is 11.2 Å². The number of phenolic OH excluding ortho intramolecular Hbond substituents is 2. The van der Waals surface area contributed by atoms with Gasteiger partial charge in [-0.2, -0.15) is 0 Å². The van der Waals surface area contributed by atoms with E-state index < -0.39 is 0 Å². The van der Waals surface area contributed by atoms with Crippen LogP contribution in [-0.4, -0.2) is 20.2 Å². The van der Waals surface area contributed by atoms with Crippen molar-refractivity contribution >= 4 is 22.2 Å². The molecule has 0 fully saturated rings. The fourth-order valence-electron chi connectivity index (χ4n) is 9.87. The average molecular weight is 823 g/mol. The second-order valence-corrected chi connectivity index (χ2v) is 17.5. The Bertz CT molecular complexity index is 2730. The van der Waals surface area contributed by atoms with Crippen LogP contribution in [0.5, 0.6) is 11.5 Å². The lowest BCUT2D eigenvalue weighted by Gasteiger charge is -2.33. The zero-order valence-corrected chi connectivity index (χ0v) is 36.3. The predicted molar refractivity (Wildman–Crippen MR) is 253 cm³/mol. The van der Waals surface area contributed by atoms with Gasteiger partial charge >= 0.3 is 0 Å². The second-order valence-electron chi connectivity index (χ2n) is 17.5. The van der Waals surface area contributed by atoms with Crippen LogP contribution in [0.2, 0.25) is 0 Å².